The quantitative estimate of drug-likeness (QED) is 0.731. The Bertz CT molecular complexity index is 610. The number of likely N-dealkylation sites (tertiary alicyclic amines) is 1. The second-order valence-corrected chi connectivity index (χ2v) is 7.19. The number of amides is 2. The number of rotatable bonds is 8. The van der Waals surface area contributed by atoms with Crippen LogP contribution in [0.2, 0.25) is 0 Å². The molecule has 6 heteroatoms. The van der Waals surface area contributed by atoms with Gasteiger partial charge < -0.3 is 20.7 Å². The van der Waals surface area contributed by atoms with Crippen LogP contribution in [0.5, 0.6) is 5.75 Å². The number of carbonyl (C=O) groups is 2. The lowest BCUT2D eigenvalue weighted by Gasteiger charge is -2.35. The van der Waals surface area contributed by atoms with E-state index < -0.39 is 5.41 Å². The van der Waals surface area contributed by atoms with Gasteiger partial charge in [0.1, 0.15) is 5.75 Å². The summed E-state index contributed by atoms with van der Waals surface area (Å²) in [4.78, 5) is 27.2. The van der Waals surface area contributed by atoms with Gasteiger partial charge in [-0.05, 0) is 56.9 Å². The van der Waals surface area contributed by atoms with Crippen LogP contribution in [0.4, 0.5) is 0 Å². The minimum Gasteiger partial charge on any atom is -0.494 e. The van der Waals surface area contributed by atoms with E-state index in [0.29, 0.717) is 31.8 Å². The van der Waals surface area contributed by atoms with Gasteiger partial charge in [0.05, 0.1) is 12.0 Å². The Morgan fingerprint density at radius 1 is 1.15 bits per heavy atom. The molecule has 1 aliphatic rings. The predicted octanol–water partition coefficient (Wildman–Crippen LogP) is 2.57. The van der Waals surface area contributed by atoms with Crippen molar-refractivity contribution in [1.82, 2.24) is 10.2 Å². The number of piperidine rings is 1. The number of nitrogens with two attached hydrogens (primary N) is 1. The number of carbonyl (C=O) groups excluding carboxylic acids is 2. The van der Waals surface area contributed by atoms with Crippen LogP contribution in [0, 0.1) is 5.41 Å². The first kappa shape index (κ1) is 21.2. The minimum atomic E-state index is -0.477. The van der Waals surface area contributed by atoms with Crippen LogP contribution < -0.4 is 15.8 Å². The maximum atomic E-state index is 12.7. The third kappa shape index (κ3) is 5.01. The van der Waals surface area contributed by atoms with E-state index in [2.05, 4.69) is 5.32 Å². The second-order valence-electron chi connectivity index (χ2n) is 7.19. The highest BCUT2D eigenvalue weighted by Crippen LogP contribution is 2.26. The van der Waals surface area contributed by atoms with Crippen LogP contribution in [0.25, 0.3) is 0 Å². The van der Waals surface area contributed by atoms with Crippen LogP contribution in [-0.2, 0) is 4.79 Å². The Kier molecular flexibility index (Phi) is 7.66. The van der Waals surface area contributed by atoms with Crippen molar-refractivity contribution in [3.8, 4) is 5.75 Å². The number of hydrogen-bond donors (Lipinski definition) is 2. The number of hydrogen-bond acceptors (Lipinski definition) is 4. The maximum Gasteiger partial charge on any atom is 0.253 e. The lowest BCUT2D eigenvalue weighted by atomic mass is 9.81. The fraction of sp³-hybridized carbons (Fsp3) is 0.619. The zero-order valence-corrected chi connectivity index (χ0v) is 16.8. The van der Waals surface area contributed by atoms with Crippen molar-refractivity contribution >= 4 is 11.8 Å². The number of benzene rings is 1. The summed E-state index contributed by atoms with van der Waals surface area (Å²) < 4.78 is 5.42. The highest BCUT2D eigenvalue weighted by molar-refractivity contribution is 5.94. The molecule has 27 heavy (non-hydrogen) atoms. The summed E-state index contributed by atoms with van der Waals surface area (Å²) in [6, 6.07) is 7.36. The van der Waals surface area contributed by atoms with Gasteiger partial charge in [-0.15, -0.1) is 0 Å². The van der Waals surface area contributed by atoms with Crippen LogP contribution in [0.3, 0.4) is 0 Å². The Hall–Kier alpha value is -2.08. The van der Waals surface area contributed by atoms with Crippen molar-refractivity contribution in [3.05, 3.63) is 29.8 Å². The molecular weight excluding hydrogens is 342 g/mol. The monoisotopic (exact) mass is 375 g/mol. The van der Waals surface area contributed by atoms with Gasteiger partial charge in [0.15, 0.2) is 0 Å². The first-order valence-corrected chi connectivity index (χ1v) is 10.0. The van der Waals surface area contributed by atoms with Crippen LogP contribution in [0.1, 0.15) is 56.8 Å². The lowest BCUT2D eigenvalue weighted by Crippen LogP contribution is -2.52. The predicted molar refractivity (Wildman–Crippen MR) is 107 cm³/mol. The third-order valence-electron chi connectivity index (χ3n) is 5.76. The fourth-order valence-corrected chi connectivity index (χ4v) is 3.56. The molecule has 0 unspecified atom stereocenters. The SMILES string of the molecule is CCOc1ccc(C(=O)N2CCC(NC(=O)C(CC)(CC)CN)CC2)cc1. The van der Waals surface area contributed by atoms with Crippen LogP contribution in [-0.4, -0.2) is 49.0 Å². The Morgan fingerprint density at radius 3 is 2.22 bits per heavy atom. The highest BCUT2D eigenvalue weighted by Gasteiger charge is 2.35. The van der Waals surface area contributed by atoms with Crippen LogP contribution in [0.15, 0.2) is 24.3 Å². The molecule has 0 saturated carbocycles. The van der Waals surface area contributed by atoms with E-state index in [9.17, 15) is 9.59 Å². The molecule has 2 rings (SSSR count). The summed E-state index contributed by atoms with van der Waals surface area (Å²) in [6.45, 7) is 8.20. The number of ether oxygens (including phenoxy) is 1. The molecule has 0 bridgehead atoms. The van der Waals surface area contributed by atoms with Gasteiger partial charge in [-0.1, -0.05) is 13.8 Å². The Labute approximate surface area is 162 Å². The van der Waals surface area contributed by atoms with Crippen molar-refractivity contribution < 1.29 is 14.3 Å². The van der Waals surface area contributed by atoms with Gasteiger partial charge in [-0.2, -0.15) is 0 Å². The van der Waals surface area contributed by atoms with E-state index in [1.54, 1.807) is 12.1 Å². The molecule has 6 nitrogen and oxygen atoms in total. The molecule has 150 valence electrons. The van der Waals surface area contributed by atoms with Crippen molar-refractivity contribution in [2.45, 2.75) is 52.5 Å². The molecule has 0 aromatic heterocycles. The first-order chi connectivity index (χ1) is 13.0. The molecule has 2 amide bonds. The van der Waals surface area contributed by atoms with E-state index in [1.807, 2.05) is 37.8 Å². The minimum absolute atomic E-state index is 0.0289. The summed E-state index contributed by atoms with van der Waals surface area (Å²) in [6.07, 6.45) is 3.01. The summed E-state index contributed by atoms with van der Waals surface area (Å²) in [5.74, 6) is 0.846. The van der Waals surface area contributed by atoms with E-state index in [-0.39, 0.29) is 17.9 Å². The van der Waals surface area contributed by atoms with Crippen molar-refractivity contribution in [1.29, 1.82) is 0 Å². The van der Waals surface area contributed by atoms with E-state index in [4.69, 9.17) is 10.5 Å². The third-order valence-corrected chi connectivity index (χ3v) is 5.76. The van der Waals surface area contributed by atoms with Crippen molar-refractivity contribution in [2.75, 3.05) is 26.2 Å². The molecule has 1 aromatic rings. The molecule has 0 radical (unpaired) electrons. The molecule has 1 heterocycles. The average Bonchev–Trinajstić information content (AvgIpc) is 2.71. The Balaban J connectivity index is 1.89. The van der Waals surface area contributed by atoms with Crippen molar-refractivity contribution in [2.24, 2.45) is 11.1 Å². The van der Waals surface area contributed by atoms with E-state index >= 15 is 0 Å². The lowest BCUT2D eigenvalue weighted by molar-refractivity contribution is -0.132. The summed E-state index contributed by atoms with van der Waals surface area (Å²) >= 11 is 0. The molecular formula is C21H33N3O3. The highest BCUT2D eigenvalue weighted by atomic mass is 16.5. The summed E-state index contributed by atoms with van der Waals surface area (Å²) in [5, 5.41) is 3.16. The zero-order chi connectivity index (χ0) is 19.9. The van der Waals surface area contributed by atoms with Gasteiger partial charge in [0.25, 0.3) is 5.91 Å². The standard InChI is InChI=1S/C21H33N3O3/c1-4-21(5-2,15-22)20(26)23-17-11-13-24(14-12-17)19(25)16-7-9-18(10-8-16)27-6-3/h7-10,17H,4-6,11-15,22H2,1-3H3,(H,23,26). The molecule has 0 aliphatic carbocycles. The molecule has 1 aromatic carbocycles. The van der Waals surface area contributed by atoms with Gasteiger partial charge in [-0.3, -0.25) is 9.59 Å². The molecule has 3 N–H and O–H groups in total. The Morgan fingerprint density at radius 2 is 1.74 bits per heavy atom. The van der Waals surface area contributed by atoms with Crippen LogP contribution >= 0.6 is 0 Å². The summed E-state index contributed by atoms with van der Waals surface area (Å²) in [5.41, 5.74) is 6.06. The van der Waals surface area contributed by atoms with E-state index in [0.717, 1.165) is 31.4 Å². The van der Waals surface area contributed by atoms with Gasteiger partial charge in [0.2, 0.25) is 5.91 Å². The molecule has 1 aliphatic heterocycles. The first-order valence-electron chi connectivity index (χ1n) is 10.0. The molecule has 1 saturated heterocycles. The number of nitrogens with one attached hydrogen (secondary N) is 1. The largest absolute Gasteiger partial charge is 0.494 e. The summed E-state index contributed by atoms with van der Waals surface area (Å²) in [7, 11) is 0. The topological polar surface area (TPSA) is 84.7 Å². The van der Waals surface area contributed by atoms with Gasteiger partial charge in [0, 0.05) is 31.2 Å². The molecule has 0 spiro atoms. The van der Waals surface area contributed by atoms with Gasteiger partial charge in [-0.25, -0.2) is 0 Å². The molecule has 1 fully saturated rings. The average molecular weight is 376 g/mol. The smallest absolute Gasteiger partial charge is 0.253 e. The maximum absolute atomic E-state index is 12.7. The molecule has 0 atom stereocenters. The fourth-order valence-electron chi connectivity index (χ4n) is 3.56. The van der Waals surface area contributed by atoms with Crippen molar-refractivity contribution in [3.63, 3.8) is 0 Å². The van der Waals surface area contributed by atoms with E-state index in [1.165, 1.54) is 0 Å². The normalized spacial score (nSPS) is 15.5. The zero-order valence-electron chi connectivity index (χ0n) is 16.8. The number of nitrogens with zero attached hydrogens (tertiary/aromatic N) is 1. The van der Waals surface area contributed by atoms with Gasteiger partial charge >= 0.3 is 0 Å². The second kappa shape index (κ2) is 9.74.